The van der Waals surface area contributed by atoms with Crippen molar-refractivity contribution in [1.82, 2.24) is 9.80 Å². The molecule has 6 nitrogen and oxygen atoms in total. The van der Waals surface area contributed by atoms with Crippen molar-refractivity contribution < 1.29 is 19.1 Å². The molecule has 1 aliphatic rings. The number of hydrogen-bond donors (Lipinski definition) is 0. The molecular weight excluding hydrogens is 380 g/mol. The van der Waals surface area contributed by atoms with E-state index in [9.17, 15) is 9.59 Å². The number of carbonyl (C=O) groups excluding carboxylic acids is 2. The number of benzene rings is 2. The summed E-state index contributed by atoms with van der Waals surface area (Å²) in [6.07, 6.45) is -0.320. The molecule has 0 bridgehead atoms. The van der Waals surface area contributed by atoms with E-state index in [-0.39, 0.29) is 24.0 Å². The van der Waals surface area contributed by atoms with Crippen LogP contribution < -0.4 is 4.74 Å². The van der Waals surface area contributed by atoms with Crippen molar-refractivity contribution in [2.75, 3.05) is 26.7 Å². The van der Waals surface area contributed by atoms with Crippen LogP contribution in [0.1, 0.15) is 46.1 Å². The molecule has 162 valence electrons. The molecule has 0 radical (unpaired) electrons. The van der Waals surface area contributed by atoms with Gasteiger partial charge in [-0.3, -0.25) is 4.79 Å². The van der Waals surface area contributed by atoms with E-state index in [1.165, 1.54) is 0 Å². The molecule has 0 N–H and O–H groups in total. The summed E-state index contributed by atoms with van der Waals surface area (Å²) in [6.45, 7) is 11.0. The third-order valence-electron chi connectivity index (χ3n) is 5.50. The van der Waals surface area contributed by atoms with Crippen molar-refractivity contribution >= 4 is 22.8 Å². The second kappa shape index (κ2) is 8.54. The van der Waals surface area contributed by atoms with E-state index in [1.54, 1.807) is 12.0 Å². The molecule has 1 saturated heterocycles. The van der Waals surface area contributed by atoms with E-state index in [1.807, 2.05) is 69.9 Å². The Balaban J connectivity index is 1.69. The summed E-state index contributed by atoms with van der Waals surface area (Å²) in [4.78, 5) is 29.1. The Bertz CT molecular complexity index is 934. The predicted molar refractivity (Wildman–Crippen MR) is 118 cm³/mol. The monoisotopic (exact) mass is 412 g/mol. The normalized spacial score (nSPS) is 18.3. The maximum absolute atomic E-state index is 13.2. The minimum Gasteiger partial charge on any atom is -0.497 e. The van der Waals surface area contributed by atoms with E-state index < -0.39 is 5.60 Å². The minimum absolute atomic E-state index is 0.0639. The molecular formula is C24H32N2O4. The van der Waals surface area contributed by atoms with Crippen LogP contribution in [0.25, 0.3) is 10.8 Å². The molecule has 0 saturated carbocycles. The molecule has 2 aromatic carbocycles. The van der Waals surface area contributed by atoms with Crippen LogP contribution in [-0.2, 0) is 9.53 Å². The molecule has 0 aromatic heterocycles. The van der Waals surface area contributed by atoms with E-state index in [0.29, 0.717) is 19.6 Å². The molecule has 2 atom stereocenters. The molecule has 1 heterocycles. The number of nitrogens with zero attached hydrogens (tertiary/aromatic N) is 2. The van der Waals surface area contributed by atoms with Gasteiger partial charge in [-0.15, -0.1) is 0 Å². The Morgan fingerprint density at radius 2 is 1.73 bits per heavy atom. The Morgan fingerprint density at radius 1 is 1.07 bits per heavy atom. The van der Waals surface area contributed by atoms with Crippen molar-refractivity contribution in [2.45, 2.75) is 52.2 Å². The van der Waals surface area contributed by atoms with Gasteiger partial charge in [-0.05, 0) is 63.1 Å². The lowest BCUT2D eigenvalue weighted by atomic mass is 9.95. The smallest absolute Gasteiger partial charge is 0.410 e. The molecule has 2 aromatic rings. The van der Waals surface area contributed by atoms with E-state index in [4.69, 9.17) is 9.47 Å². The van der Waals surface area contributed by atoms with E-state index in [0.717, 1.165) is 22.1 Å². The minimum atomic E-state index is -0.526. The first-order chi connectivity index (χ1) is 14.1. The zero-order valence-electron chi connectivity index (χ0n) is 18.8. The standard InChI is InChI=1S/C24H32N2O4/c1-16-15-25(23(28)30-24(3,4)5)11-12-26(16)22(27)17(2)18-7-8-20-14-21(29-6)10-9-19(20)13-18/h7-10,13-14,16-17H,11-12,15H2,1-6H3. The van der Waals surface area contributed by atoms with E-state index in [2.05, 4.69) is 6.07 Å². The molecule has 6 heteroatoms. The van der Waals surface area contributed by atoms with Gasteiger partial charge in [0.15, 0.2) is 0 Å². The molecule has 3 rings (SSSR count). The quantitative estimate of drug-likeness (QED) is 0.749. The van der Waals surface area contributed by atoms with Crippen molar-refractivity contribution in [3.8, 4) is 5.75 Å². The van der Waals surface area contributed by atoms with E-state index >= 15 is 0 Å². The van der Waals surface area contributed by atoms with Gasteiger partial charge in [-0.1, -0.05) is 24.3 Å². The number of ether oxygens (including phenoxy) is 2. The summed E-state index contributed by atoms with van der Waals surface area (Å²) in [7, 11) is 1.65. The summed E-state index contributed by atoms with van der Waals surface area (Å²) < 4.78 is 10.8. The van der Waals surface area contributed by atoms with Gasteiger partial charge in [0.1, 0.15) is 11.4 Å². The highest BCUT2D eigenvalue weighted by atomic mass is 16.6. The maximum atomic E-state index is 13.2. The molecule has 0 aliphatic carbocycles. The summed E-state index contributed by atoms with van der Waals surface area (Å²) in [5.74, 6) is 0.641. The number of rotatable bonds is 3. The fourth-order valence-electron chi connectivity index (χ4n) is 3.81. The third kappa shape index (κ3) is 4.86. The molecule has 0 spiro atoms. The average molecular weight is 413 g/mol. The van der Waals surface area contributed by atoms with Gasteiger partial charge < -0.3 is 19.3 Å². The fraction of sp³-hybridized carbons (Fsp3) is 0.500. The first kappa shape index (κ1) is 21.9. The first-order valence-corrected chi connectivity index (χ1v) is 10.4. The predicted octanol–water partition coefficient (Wildman–Crippen LogP) is 4.42. The van der Waals surface area contributed by atoms with Crippen LogP contribution in [-0.4, -0.2) is 60.2 Å². The van der Waals surface area contributed by atoms with Gasteiger partial charge in [-0.25, -0.2) is 4.79 Å². The van der Waals surface area contributed by atoms with Crippen molar-refractivity contribution in [1.29, 1.82) is 0 Å². The summed E-state index contributed by atoms with van der Waals surface area (Å²) >= 11 is 0. The van der Waals surface area contributed by atoms with Crippen LogP contribution in [0.3, 0.4) is 0 Å². The summed E-state index contributed by atoms with van der Waals surface area (Å²) in [6, 6.07) is 12.0. The van der Waals surface area contributed by atoms with Crippen LogP contribution in [0.5, 0.6) is 5.75 Å². The van der Waals surface area contributed by atoms with Crippen LogP contribution >= 0.6 is 0 Å². The molecule has 1 aliphatic heterocycles. The van der Waals surface area contributed by atoms with Gasteiger partial charge in [0.05, 0.1) is 13.0 Å². The zero-order chi connectivity index (χ0) is 22.1. The van der Waals surface area contributed by atoms with Gasteiger partial charge in [0.25, 0.3) is 0 Å². The topological polar surface area (TPSA) is 59.1 Å². The van der Waals surface area contributed by atoms with Gasteiger partial charge >= 0.3 is 6.09 Å². The van der Waals surface area contributed by atoms with Crippen LogP contribution in [0.4, 0.5) is 4.79 Å². The highest BCUT2D eigenvalue weighted by molar-refractivity contribution is 5.88. The first-order valence-electron chi connectivity index (χ1n) is 10.4. The summed E-state index contributed by atoms with van der Waals surface area (Å²) in [5, 5.41) is 2.16. The number of hydrogen-bond acceptors (Lipinski definition) is 4. The number of fused-ring (bicyclic) bond motifs is 1. The van der Waals surface area contributed by atoms with Crippen molar-refractivity contribution in [3.05, 3.63) is 42.0 Å². The number of methoxy groups -OCH3 is 1. The maximum Gasteiger partial charge on any atom is 0.410 e. The highest BCUT2D eigenvalue weighted by Crippen LogP contribution is 2.27. The second-order valence-electron chi connectivity index (χ2n) is 9.00. The number of amides is 2. The molecule has 1 fully saturated rings. The second-order valence-corrected chi connectivity index (χ2v) is 9.00. The molecule has 2 amide bonds. The summed E-state index contributed by atoms with van der Waals surface area (Å²) in [5.41, 5.74) is 0.460. The zero-order valence-corrected chi connectivity index (χ0v) is 18.8. The number of carbonyl (C=O) groups is 2. The highest BCUT2D eigenvalue weighted by Gasteiger charge is 2.34. The van der Waals surface area contributed by atoms with Crippen molar-refractivity contribution in [3.63, 3.8) is 0 Å². The Hall–Kier alpha value is -2.76. The Labute approximate surface area is 178 Å². The van der Waals surface area contributed by atoms with Gasteiger partial charge in [-0.2, -0.15) is 0 Å². The van der Waals surface area contributed by atoms with Crippen LogP contribution in [0, 0.1) is 0 Å². The molecule has 2 unspecified atom stereocenters. The Kier molecular flexibility index (Phi) is 6.25. The lowest BCUT2D eigenvalue weighted by Crippen LogP contribution is -2.56. The van der Waals surface area contributed by atoms with Crippen molar-refractivity contribution in [2.24, 2.45) is 0 Å². The lowest BCUT2D eigenvalue weighted by molar-refractivity contribution is -0.136. The molecule has 30 heavy (non-hydrogen) atoms. The van der Waals surface area contributed by atoms with Crippen LogP contribution in [0.2, 0.25) is 0 Å². The van der Waals surface area contributed by atoms with Gasteiger partial charge in [0.2, 0.25) is 5.91 Å². The Morgan fingerprint density at radius 3 is 2.37 bits per heavy atom. The SMILES string of the molecule is COc1ccc2cc(C(C)C(=O)N3CCN(C(=O)OC(C)(C)C)CC3C)ccc2c1. The largest absolute Gasteiger partial charge is 0.497 e. The lowest BCUT2D eigenvalue weighted by Gasteiger charge is -2.41. The van der Waals surface area contributed by atoms with Crippen LogP contribution in [0.15, 0.2) is 36.4 Å². The number of piperazine rings is 1. The fourth-order valence-corrected chi connectivity index (χ4v) is 3.81. The van der Waals surface area contributed by atoms with Gasteiger partial charge in [0, 0.05) is 25.7 Å². The average Bonchev–Trinajstić information content (AvgIpc) is 2.70. The third-order valence-corrected chi connectivity index (χ3v) is 5.50.